The first-order chi connectivity index (χ1) is 9.58. The third-order valence-electron chi connectivity index (χ3n) is 3.77. The minimum atomic E-state index is -0.530. The van der Waals surface area contributed by atoms with E-state index < -0.39 is 6.10 Å². The van der Waals surface area contributed by atoms with Gasteiger partial charge in [-0.25, -0.2) is 4.79 Å². The van der Waals surface area contributed by atoms with Crippen molar-refractivity contribution in [3.05, 3.63) is 29.8 Å². The number of aliphatic hydroxyl groups is 1. The second-order valence-corrected chi connectivity index (χ2v) is 5.68. The van der Waals surface area contributed by atoms with Crippen molar-refractivity contribution in [2.24, 2.45) is 5.92 Å². The molecule has 0 spiro atoms. The zero-order valence-electron chi connectivity index (χ0n) is 12.2. The highest BCUT2D eigenvalue weighted by molar-refractivity contribution is 5.89. The minimum Gasteiger partial charge on any atom is -0.389 e. The Hall–Kier alpha value is -1.55. The van der Waals surface area contributed by atoms with Crippen LogP contribution in [0.5, 0.6) is 0 Å². The maximum absolute atomic E-state index is 12.0. The van der Waals surface area contributed by atoms with Crippen LogP contribution in [0.2, 0.25) is 0 Å². The molecule has 2 atom stereocenters. The molecule has 0 aliphatic heterocycles. The zero-order valence-corrected chi connectivity index (χ0v) is 12.2. The molecule has 2 amide bonds. The van der Waals surface area contributed by atoms with Crippen LogP contribution in [0, 0.1) is 5.92 Å². The molecule has 0 heterocycles. The number of benzene rings is 1. The molecule has 1 aromatic carbocycles. The van der Waals surface area contributed by atoms with Gasteiger partial charge in [0.05, 0.1) is 6.10 Å². The summed E-state index contributed by atoms with van der Waals surface area (Å²) in [6, 6.07) is 7.39. The van der Waals surface area contributed by atoms with Crippen molar-refractivity contribution >= 4 is 11.7 Å². The van der Waals surface area contributed by atoms with Gasteiger partial charge in [0, 0.05) is 11.7 Å². The van der Waals surface area contributed by atoms with E-state index >= 15 is 0 Å². The van der Waals surface area contributed by atoms with Gasteiger partial charge in [0.1, 0.15) is 0 Å². The highest BCUT2D eigenvalue weighted by atomic mass is 16.3. The van der Waals surface area contributed by atoms with Crippen molar-refractivity contribution < 1.29 is 9.90 Å². The van der Waals surface area contributed by atoms with Crippen molar-refractivity contribution in [3.8, 4) is 0 Å². The van der Waals surface area contributed by atoms with Crippen LogP contribution in [0.1, 0.15) is 51.2 Å². The van der Waals surface area contributed by atoms with E-state index in [0.29, 0.717) is 5.69 Å². The van der Waals surface area contributed by atoms with Crippen molar-refractivity contribution in [1.29, 1.82) is 0 Å². The zero-order chi connectivity index (χ0) is 14.5. The van der Waals surface area contributed by atoms with Crippen molar-refractivity contribution in [1.82, 2.24) is 5.32 Å². The van der Waals surface area contributed by atoms with Crippen molar-refractivity contribution in [2.75, 3.05) is 5.32 Å². The molecule has 3 N–H and O–H groups in total. The lowest BCUT2D eigenvalue weighted by Gasteiger charge is -2.17. The van der Waals surface area contributed by atoms with Crippen LogP contribution in [-0.4, -0.2) is 17.2 Å². The SMILES string of the molecule is CCC(CC1CC1)NC(=O)Nc1cccc(C(C)O)c1. The molecule has 0 radical (unpaired) electrons. The van der Waals surface area contributed by atoms with Crippen molar-refractivity contribution in [2.45, 2.75) is 51.7 Å². The van der Waals surface area contributed by atoms with E-state index in [0.717, 1.165) is 24.3 Å². The van der Waals surface area contributed by atoms with Gasteiger partial charge >= 0.3 is 6.03 Å². The molecule has 1 fully saturated rings. The fourth-order valence-corrected chi connectivity index (χ4v) is 2.31. The average molecular weight is 276 g/mol. The van der Waals surface area contributed by atoms with E-state index in [1.54, 1.807) is 13.0 Å². The molecule has 4 heteroatoms. The summed E-state index contributed by atoms with van der Waals surface area (Å²) in [5.74, 6) is 0.804. The highest BCUT2D eigenvalue weighted by Gasteiger charge is 2.25. The second kappa shape index (κ2) is 6.75. The third-order valence-corrected chi connectivity index (χ3v) is 3.77. The Balaban J connectivity index is 1.87. The lowest BCUT2D eigenvalue weighted by Crippen LogP contribution is -2.37. The van der Waals surface area contributed by atoms with Crippen LogP contribution < -0.4 is 10.6 Å². The van der Waals surface area contributed by atoms with E-state index in [1.165, 1.54) is 12.8 Å². The highest BCUT2D eigenvalue weighted by Crippen LogP contribution is 2.34. The summed E-state index contributed by atoms with van der Waals surface area (Å²) in [6.45, 7) is 3.81. The number of hydrogen-bond donors (Lipinski definition) is 3. The molecular formula is C16H24N2O2. The fraction of sp³-hybridized carbons (Fsp3) is 0.562. The fourth-order valence-electron chi connectivity index (χ4n) is 2.31. The lowest BCUT2D eigenvalue weighted by molar-refractivity contribution is 0.199. The maximum Gasteiger partial charge on any atom is 0.319 e. The summed E-state index contributed by atoms with van der Waals surface area (Å²) in [6.07, 6.45) is 4.11. The Morgan fingerprint density at radius 2 is 2.20 bits per heavy atom. The van der Waals surface area contributed by atoms with E-state index in [4.69, 9.17) is 0 Å². The minimum absolute atomic E-state index is 0.166. The Morgan fingerprint density at radius 1 is 1.45 bits per heavy atom. The van der Waals surface area contributed by atoms with Crippen LogP contribution in [-0.2, 0) is 0 Å². The van der Waals surface area contributed by atoms with Gasteiger partial charge < -0.3 is 15.7 Å². The van der Waals surface area contributed by atoms with Crippen LogP contribution >= 0.6 is 0 Å². The smallest absolute Gasteiger partial charge is 0.319 e. The first kappa shape index (κ1) is 14.9. The standard InChI is InChI=1S/C16H24N2O2/c1-3-14(9-12-7-8-12)17-16(20)18-15-6-4-5-13(10-15)11(2)19/h4-6,10-12,14,19H,3,7-9H2,1-2H3,(H2,17,18,20). The average Bonchev–Trinajstić information content (AvgIpc) is 3.22. The molecule has 0 aromatic heterocycles. The Bertz CT molecular complexity index is 456. The molecule has 2 rings (SSSR count). The molecule has 1 aromatic rings. The Kier molecular flexibility index (Phi) is 5.01. The van der Waals surface area contributed by atoms with Gasteiger partial charge in [0.15, 0.2) is 0 Å². The molecule has 110 valence electrons. The summed E-state index contributed by atoms with van der Waals surface area (Å²) in [4.78, 5) is 12.0. The molecule has 0 saturated heterocycles. The summed E-state index contributed by atoms with van der Waals surface area (Å²) in [7, 11) is 0. The Morgan fingerprint density at radius 3 is 2.80 bits per heavy atom. The molecule has 2 unspecified atom stereocenters. The lowest BCUT2D eigenvalue weighted by atomic mass is 10.1. The number of anilines is 1. The van der Waals surface area contributed by atoms with E-state index in [2.05, 4.69) is 17.6 Å². The number of aliphatic hydroxyl groups excluding tert-OH is 1. The van der Waals surface area contributed by atoms with Crippen LogP contribution in [0.3, 0.4) is 0 Å². The van der Waals surface area contributed by atoms with Gasteiger partial charge in [-0.3, -0.25) is 0 Å². The summed E-state index contributed by atoms with van der Waals surface area (Å²) < 4.78 is 0. The second-order valence-electron chi connectivity index (χ2n) is 5.68. The van der Waals surface area contributed by atoms with Gasteiger partial charge in [-0.15, -0.1) is 0 Å². The predicted octanol–water partition coefficient (Wildman–Crippen LogP) is 3.44. The van der Waals surface area contributed by atoms with Gasteiger partial charge in [-0.05, 0) is 43.4 Å². The summed E-state index contributed by atoms with van der Waals surface area (Å²) in [5, 5.41) is 15.4. The molecule has 4 nitrogen and oxygen atoms in total. The maximum atomic E-state index is 12.0. The first-order valence-electron chi connectivity index (χ1n) is 7.44. The number of urea groups is 1. The number of carbonyl (C=O) groups excluding carboxylic acids is 1. The number of carbonyl (C=O) groups is 1. The largest absolute Gasteiger partial charge is 0.389 e. The van der Waals surface area contributed by atoms with Crippen molar-refractivity contribution in [3.63, 3.8) is 0 Å². The van der Waals surface area contributed by atoms with E-state index in [9.17, 15) is 9.90 Å². The molecule has 1 aliphatic carbocycles. The number of rotatable bonds is 6. The van der Waals surface area contributed by atoms with Gasteiger partial charge in [0.2, 0.25) is 0 Å². The molecule has 20 heavy (non-hydrogen) atoms. The summed E-state index contributed by atoms with van der Waals surface area (Å²) >= 11 is 0. The summed E-state index contributed by atoms with van der Waals surface area (Å²) in [5.41, 5.74) is 1.51. The van der Waals surface area contributed by atoms with Crippen LogP contribution in [0.25, 0.3) is 0 Å². The quantitative estimate of drug-likeness (QED) is 0.745. The van der Waals surface area contributed by atoms with Gasteiger partial charge in [-0.2, -0.15) is 0 Å². The van der Waals surface area contributed by atoms with Crippen LogP contribution in [0.15, 0.2) is 24.3 Å². The monoisotopic (exact) mass is 276 g/mol. The molecule has 1 aliphatic rings. The van der Waals surface area contributed by atoms with Gasteiger partial charge in [-0.1, -0.05) is 31.9 Å². The predicted molar refractivity (Wildman–Crippen MR) is 80.7 cm³/mol. The van der Waals surface area contributed by atoms with E-state index in [-0.39, 0.29) is 12.1 Å². The van der Waals surface area contributed by atoms with E-state index in [1.807, 2.05) is 18.2 Å². The normalized spacial score (nSPS) is 17.4. The molecule has 0 bridgehead atoms. The molecular weight excluding hydrogens is 252 g/mol. The Labute approximate surface area is 120 Å². The molecule has 1 saturated carbocycles. The first-order valence-corrected chi connectivity index (χ1v) is 7.44. The number of hydrogen-bond acceptors (Lipinski definition) is 2. The topological polar surface area (TPSA) is 61.4 Å². The number of nitrogens with one attached hydrogen (secondary N) is 2. The van der Waals surface area contributed by atoms with Gasteiger partial charge in [0.25, 0.3) is 0 Å². The third kappa shape index (κ3) is 4.53. The van der Waals surface area contributed by atoms with Crippen LogP contribution in [0.4, 0.5) is 10.5 Å². The number of amides is 2.